The largest absolute Gasteiger partial charge is 0.358 e. The zero-order chi connectivity index (χ0) is 8.81. The third-order valence-corrected chi connectivity index (χ3v) is 1.27. The fraction of sp³-hybridized carbons (Fsp3) is 0.200. The van der Waals surface area contributed by atoms with Crippen molar-refractivity contribution in [2.24, 2.45) is 0 Å². The number of hydrogen-bond acceptors (Lipinski definition) is 2. The van der Waals surface area contributed by atoms with E-state index in [-0.39, 0.29) is 40.8 Å². The smallest absolute Gasteiger partial charge is 0.108 e. The second kappa shape index (κ2) is 9.44. The van der Waals surface area contributed by atoms with E-state index in [1.807, 2.05) is 19.9 Å². The summed E-state index contributed by atoms with van der Waals surface area (Å²) in [5, 5.41) is 0.977. The Balaban J connectivity index is 0. The first kappa shape index (κ1) is 16.3. The van der Waals surface area contributed by atoms with Gasteiger partial charge in [0.25, 0.3) is 0 Å². The van der Waals surface area contributed by atoms with Gasteiger partial charge < -0.3 is 18.2 Å². The second-order valence-corrected chi connectivity index (χ2v) is 1.93. The van der Waals surface area contributed by atoms with Crippen LogP contribution >= 0.6 is 0 Å². The van der Waals surface area contributed by atoms with Crippen LogP contribution in [-0.4, -0.2) is 9.97 Å². The molecule has 1 aromatic heterocycles. The molecule has 0 aliphatic carbocycles. The topological polar surface area (TPSA) is 25.8 Å². The fourth-order valence-electron chi connectivity index (χ4n) is 0.808. The number of aromatic nitrogens is 2. The van der Waals surface area contributed by atoms with Crippen LogP contribution in [0.15, 0.2) is 24.7 Å². The Kier molecular flexibility index (Phi) is 11.0. The maximum atomic E-state index is 3.99. The van der Waals surface area contributed by atoms with E-state index in [0.717, 1.165) is 10.9 Å². The fourth-order valence-corrected chi connectivity index (χ4v) is 0.808. The van der Waals surface area contributed by atoms with Crippen molar-refractivity contribution in [3.8, 4) is 0 Å². The molecule has 1 aromatic carbocycles. The van der Waals surface area contributed by atoms with Gasteiger partial charge in [0, 0.05) is 40.8 Å². The second-order valence-electron chi connectivity index (χ2n) is 1.93. The summed E-state index contributed by atoms with van der Waals surface area (Å²) in [4.78, 5) is 7.86. The monoisotopic (exact) mass is 532 g/mol. The SMILES string of the molecule is CC.[Re].[Re].[c-]1c[c-]c2ncncc2c1. The van der Waals surface area contributed by atoms with E-state index in [1.54, 1.807) is 12.3 Å². The molecule has 2 nitrogen and oxygen atoms in total. The molecule has 0 atom stereocenters. The number of nitrogens with zero attached hydrogens (tertiary/aromatic N) is 2. The van der Waals surface area contributed by atoms with E-state index < -0.39 is 0 Å². The van der Waals surface area contributed by atoms with Crippen molar-refractivity contribution in [2.45, 2.75) is 13.8 Å². The molecule has 2 radical (unpaired) electrons. The molecule has 0 amide bonds. The minimum absolute atomic E-state index is 0. The minimum Gasteiger partial charge on any atom is -0.358 e. The van der Waals surface area contributed by atoms with Crippen LogP contribution in [0.3, 0.4) is 0 Å². The van der Waals surface area contributed by atoms with Crippen molar-refractivity contribution < 1.29 is 40.8 Å². The summed E-state index contributed by atoms with van der Waals surface area (Å²) in [6, 6.07) is 9.40. The summed E-state index contributed by atoms with van der Waals surface area (Å²) in [5.74, 6) is 0. The molecule has 0 aliphatic heterocycles. The van der Waals surface area contributed by atoms with Gasteiger partial charge in [-0.1, -0.05) is 20.0 Å². The van der Waals surface area contributed by atoms with Crippen molar-refractivity contribution in [1.82, 2.24) is 9.97 Å². The molecular weight excluding hydrogens is 521 g/mol. The van der Waals surface area contributed by atoms with E-state index in [0.29, 0.717) is 0 Å². The van der Waals surface area contributed by atoms with Gasteiger partial charge in [-0.15, -0.1) is 0 Å². The van der Waals surface area contributed by atoms with Crippen molar-refractivity contribution in [2.75, 3.05) is 0 Å². The summed E-state index contributed by atoms with van der Waals surface area (Å²) >= 11 is 0. The van der Waals surface area contributed by atoms with Gasteiger partial charge in [-0.25, -0.2) is 5.39 Å². The molecule has 4 heteroatoms. The Morgan fingerprint density at radius 3 is 2.57 bits per heavy atom. The van der Waals surface area contributed by atoms with E-state index >= 15 is 0 Å². The van der Waals surface area contributed by atoms with Crippen LogP contribution in [0.1, 0.15) is 13.8 Å². The van der Waals surface area contributed by atoms with Gasteiger partial charge in [0.1, 0.15) is 6.33 Å². The summed E-state index contributed by atoms with van der Waals surface area (Å²) < 4.78 is 0. The van der Waals surface area contributed by atoms with Gasteiger partial charge >= 0.3 is 0 Å². The molecule has 0 saturated carbocycles. The molecule has 1 heterocycles. The van der Waals surface area contributed by atoms with Gasteiger partial charge in [0.15, 0.2) is 0 Å². The van der Waals surface area contributed by atoms with Crippen LogP contribution in [0.2, 0.25) is 0 Å². The number of hydrogen-bond donors (Lipinski definition) is 0. The first-order chi connectivity index (χ1) is 5.97. The Bertz CT molecular complexity index is 287. The van der Waals surface area contributed by atoms with Crippen LogP contribution in [0, 0.1) is 12.1 Å². The minimum atomic E-state index is 0. The maximum Gasteiger partial charge on any atom is 0.108 e. The summed E-state index contributed by atoms with van der Waals surface area (Å²) in [6.07, 6.45) is 3.26. The van der Waals surface area contributed by atoms with Crippen molar-refractivity contribution in [3.05, 3.63) is 36.8 Å². The van der Waals surface area contributed by atoms with Crippen LogP contribution in [0.25, 0.3) is 10.9 Å². The average molecular weight is 531 g/mol. The quantitative estimate of drug-likeness (QED) is 0.489. The first-order valence-corrected chi connectivity index (χ1v) is 3.94. The van der Waals surface area contributed by atoms with Crippen molar-refractivity contribution >= 4 is 10.9 Å². The molecule has 0 unspecified atom stereocenters. The van der Waals surface area contributed by atoms with Crippen LogP contribution in [0.5, 0.6) is 0 Å². The number of fused-ring (bicyclic) bond motifs is 1. The molecule has 0 fully saturated rings. The number of rotatable bonds is 0. The van der Waals surface area contributed by atoms with E-state index in [9.17, 15) is 0 Å². The van der Waals surface area contributed by atoms with E-state index in [4.69, 9.17) is 0 Å². The van der Waals surface area contributed by atoms with Crippen molar-refractivity contribution in [3.63, 3.8) is 0 Å². The van der Waals surface area contributed by atoms with Crippen molar-refractivity contribution in [1.29, 1.82) is 0 Å². The Morgan fingerprint density at radius 1 is 1.21 bits per heavy atom. The van der Waals surface area contributed by atoms with Gasteiger partial charge in [-0.05, 0) is 0 Å². The van der Waals surface area contributed by atoms with Gasteiger partial charge in [0.05, 0.1) is 0 Å². The molecule has 14 heavy (non-hydrogen) atoms. The standard InChI is InChI=1S/C8H4N2.C2H6.2Re/c1-2-4-8-7(3-1)5-9-6-10-8;1-2;;/h2-3,5-6H;1-2H3;;/q-2;;;. The van der Waals surface area contributed by atoms with E-state index in [2.05, 4.69) is 22.1 Å². The molecule has 0 saturated heterocycles. The molecule has 0 spiro atoms. The van der Waals surface area contributed by atoms with Gasteiger partial charge in [-0.2, -0.15) is 5.52 Å². The first-order valence-electron chi connectivity index (χ1n) is 3.94. The summed E-state index contributed by atoms with van der Waals surface area (Å²) in [5.41, 5.74) is 0.841. The third-order valence-electron chi connectivity index (χ3n) is 1.27. The predicted molar refractivity (Wildman–Crippen MR) is 48.6 cm³/mol. The third kappa shape index (κ3) is 4.40. The molecule has 0 bridgehead atoms. The Hall–Kier alpha value is -0.115. The molecule has 2 aromatic rings. The average Bonchev–Trinajstić information content (AvgIpc) is 2.21. The predicted octanol–water partition coefficient (Wildman–Crippen LogP) is 2.25. The Morgan fingerprint density at radius 2 is 1.93 bits per heavy atom. The van der Waals surface area contributed by atoms with Gasteiger partial charge in [0.2, 0.25) is 0 Å². The van der Waals surface area contributed by atoms with Crippen LogP contribution in [-0.2, 0) is 40.8 Å². The normalized spacial score (nSPS) is 7.57. The molecule has 2 rings (SSSR count). The van der Waals surface area contributed by atoms with Gasteiger partial charge in [-0.3, -0.25) is 16.0 Å². The zero-order valence-electron chi connectivity index (χ0n) is 7.96. The maximum absolute atomic E-state index is 3.99. The zero-order valence-corrected chi connectivity index (χ0v) is 13.4. The molecular formula is C10H10N2Re2-2. The summed E-state index contributed by atoms with van der Waals surface area (Å²) in [6.45, 7) is 4.00. The molecule has 0 N–H and O–H groups in total. The molecule has 76 valence electrons. The Labute approximate surface area is 112 Å². The number of benzene rings is 1. The summed E-state index contributed by atoms with van der Waals surface area (Å²) in [7, 11) is 0. The molecule has 0 aliphatic rings. The van der Waals surface area contributed by atoms with Crippen LogP contribution in [0.4, 0.5) is 0 Å². The van der Waals surface area contributed by atoms with E-state index in [1.165, 1.54) is 6.33 Å². The van der Waals surface area contributed by atoms with Crippen LogP contribution < -0.4 is 0 Å².